The summed E-state index contributed by atoms with van der Waals surface area (Å²) in [7, 11) is 0. The van der Waals surface area contributed by atoms with Gasteiger partial charge in [0.1, 0.15) is 6.33 Å². The van der Waals surface area contributed by atoms with Crippen molar-refractivity contribution in [2.45, 2.75) is 76.0 Å². The second-order valence-corrected chi connectivity index (χ2v) is 8.50. The Morgan fingerprint density at radius 3 is 2.54 bits per heavy atom. The molecular formula is C19H28F3N5O. The maximum atomic E-state index is 13.5. The number of carbonyl (C=O) groups is 1. The van der Waals surface area contributed by atoms with Gasteiger partial charge in [-0.1, -0.05) is 19.3 Å². The number of alkyl halides is 3. The predicted molar refractivity (Wildman–Crippen MR) is 97.6 cm³/mol. The molecule has 2 aliphatic heterocycles. The van der Waals surface area contributed by atoms with Gasteiger partial charge in [-0.25, -0.2) is 4.68 Å². The van der Waals surface area contributed by atoms with E-state index in [-0.39, 0.29) is 30.2 Å². The SMILES string of the molecule is O=C(CC1CCCCC1)N1CCC([C@@H]2C[C@H](C(F)(F)F)n3ncnc3N2)CC1. The molecule has 28 heavy (non-hydrogen) atoms. The third-order valence-electron chi connectivity index (χ3n) is 6.69. The van der Waals surface area contributed by atoms with Gasteiger partial charge in [0.25, 0.3) is 0 Å². The van der Waals surface area contributed by atoms with Crippen LogP contribution in [0.5, 0.6) is 0 Å². The standard InChI is InChI=1S/C19H28F3N5O/c20-19(21,22)16-11-15(25-18-23-12-24-27(16)18)14-6-8-26(9-7-14)17(28)10-13-4-2-1-3-5-13/h12-16H,1-11H2,(H,23,24,25)/t15-,16+/m0/s1. The van der Waals surface area contributed by atoms with Crippen molar-refractivity contribution in [1.82, 2.24) is 19.7 Å². The van der Waals surface area contributed by atoms with E-state index in [1.165, 1.54) is 19.3 Å². The van der Waals surface area contributed by atoms with Crippen molar-refractivity contribution < 1.29 is 18.0 Å². The zero-order valence-electron chi connectivity index (χ0n) is 16.0. The third kappa shape index (κ3) is 4.12. The number of nitrogens with one attached hydrogen (secondary N) is 1. The number of aromatic nitrogens is 3. The van der Waals surface area contributed by atoms with Crippen molar-refractivity contribution in [3.8, 4) is 0 Å². The van der Waals surface area contributed by atoms with Crippen LogP contribution in [0.15, 0.2) is 6.33 Å². The highest BCUT2D eigenvalue weighted by Gasteiger charge is 2.48. The van der Waals surface area contributed by atoms with Gasteiger partial charge < -0.3 is 10.2 Å². The number of fused-ring (bicyclic) bond motifs is 1. The summed E-state index contributed by atoms with van der Waals surface area (Å²) in [5.74, 6) is 1.02. The van der Waals surface area contributed by atoms with Crippen LogP contribution >= 0.6 is 0 Å². The minimum atomic E-state index is -4.35. The Labute approximate surface area is 162 Å². The summed E-state index contributed by atoms with van der Waals surface area (Å²) in [6, 6.07) is -1.93. The molecule has 1 saturated heterocycles. The van der Waals surface area contributed by atoms with E-state index in [1.807, 2.05) is 4.90 Å². The maximum absolute atomic E-state index is 13.5. The number of carbonyl (C=O) groups excluding carboxylic acids is 1. The van der Waals surface area contributed by atoms with Gasteiger partial charge in [0.2, 0.25) is 11.9 Å². The van der Waals surface area contributed by atoms with Gasteiger partial charge in [-0.15, -0.1) is 0 Å². The topological polar surface area (TPSA) is 63.1 Å². The van der Waals surface area contributed by atoms with Crippen LogP contribution in [-0.4, -0.2) is 50.9 Å². The Bertz CT molecular complexity index is 677. The molecule has 6 nitrogen and oxygen atoms in total. The van der Waals surface area contributed by atoms with E-state index in [0.29, 0.717) is 25.4 Å². The normalized spacial score (nSPS) is 27.3. The molecule has 0 bridgehead atoms. The van der Waals surface area contributed by atoms with Crippen LogP contribution in [0, 0.1) is 11.8 Å². The smallest absolute Gasteiger partial charge is 0.351 e. The number of anilines is 1. The van der Waals surface area contributed by atoms with E-state index in [9.17, 15) is 18.0 Å². The van der Waals surface area contributed by atoms with Crippen molar-refractivity contribution in [2.75, 3.05) is 18.4 Å². The lowest BCUT2D eigenvalue weighted by Gasteiger charge is -2.40. The highest BCUT2D eigenvalue weighted by atomic mass is 19.4. The van der Waals surface area contributed by atoms with Crippen LogP contribution in [0.1, 0.15) is 63.8 Å². The number of halogens is 3. The lowest BCUT2D eigenvalue weighted by atomic mass is 9.84. The zero-order valence-corrected chi connectivity index (χ0v) is 16.0. The van der Waals surface area contributed by atoms with Crippen molar-refractivity contribution >= 4 is 11.9 Å². The first-order valence-corrected chi connectivity index (χ1v) is 10.4. The molecule has 1 amide bonds. The number of hydrogen-bond donors (Lipinski definition) is 1. The number of nitrogens with zero attached hydrogens (tertiary/aromatic N) is 4. The summed E-state index contributed by atoms with van der Waals surface area (Å²) in [6.45, 7) is 1.27. The van der Waals surface area contributed by atoms with Gasteiger partial charge in [0.15, 0.2) is 6.04 Å². The van der Waals surface area contributed by atoms with Crippen molar-refractivity contribution in [3.05, 3.63) is 6.33 Å². The minimum absolute atomic E-state index is 0.0411. The predicted octanol–water partition coefficient (Wildman–Crippen LogP) is 3.77. The molecule has 3 heterocycles. The zero-order chi connectivity index (χ0) is 19.7. The van der Waals surface area contributed by atoms with Crippen LogP contribution in [-0.2, 0) is 4.79 Å². The molecule has 0 aromatic carbocycles. The molecular weight excluding hydrogens is 371 g/mol. The summed E-state index contributed by atoms with van der Waals surface area (Å²) in [5, 5.41) is 6.89. The average molecular weight is 399 g/mol. The molecule has 9 heteroatoms. The second-order valence-electron chi connectivity index (χ2n) is 8.50. The van der Waals surface area contributed by atoms with Crippen molar-refractivity contribution in [2.24, 2.45) is 11.8 Å². The van der Waals surface area contributed by atoms with Crippen molar-refractivity contribution in [1.29, 1.82) is 0 Å². The molecule has 1 N–H and O–H groups in total. The van der Waals surface area contributed by atoms with Gasteiger partial charge in [-0.05, 0) is 43.9 Å². The first kappa shape index (κ1) is 19.5. The average Bonchev–Trinajstić information content (AvgIpc) is 3.16. The number of hydrogen-bond acceptors (Lipinski definition) is 4. The monoisotopic (exact) mass is 399 g/mol. The number of amides is 1. The Kier molecular flexibility index (Phi) is 5.51. The molecule has 1 aliphatic carbocycles. The van der Waals surface area contributed by atoms with Gasteiger partial charge in [0.05, 0.1) is 0 Å². The van der Waals surface area contributed by atoms with Gasteiger partial charge >= 0.3 is 6.18 Å². The molecule has 2 atom stereocenters. The molecule has 4 rings (SSSR count). The molecule has 0 spiro atoms. The van der Waals surface area contributed by atoms with Gasteiger partial charge in [-0.3, -0.25) is 4.79 Å². The lowest BCUT2D eigenvalue weighted by molar-refractivity contribution is -0.174. The Hall–Kier alpha value is -1.80. The summed E-state index contributed by atoms with van der Waals surface area (Å²) in [5.41, 5.74) is 0. The molecule has 1 saturated carbocycles. The van der Waals surface area contributed by atoms with Crippen LogP contribution in [0.2, 0.25) is 0 Å². The summed E-state index contributed by atoms with van der Waals surface area (Å²) in [4.78, 5) is 18.5. The number of likely N-dealkylation sites (tertiary alicyclic amines) is 1. The molecule has 0 unspecified atom stereocenters. The fourth-order valence-corrected chi connectivity index (χ4v) is 5.05. The van der Waals surface area contributed by atoms with E-state index in [4.69, 9.17) is 0 Å². The Morgan fingerprint density at radius 1 is 1.14 bits per heavy atom. The summed E-state index contributed by atoms with van der Waals surface area (Å²) >= 11 is 0. The van der Waals surface area contributed by atoms with Crippen LogP contribution in [0.4, 0.5) is 19.1 Å². The number of piperidine rings is 1. The van der Waals surface area contributed by atoms with E-state index in [2.05, 4.69) is 15.4 Å². The Morgan fingerprint density at radius 2 is 1.86 bits per heavy atom. The van der Waals surface area contributed by atoms with Gasteiger partial charge in [-0.2, -0.15) is 23.3 Å². The number of rotatable bonds is 3. The summed E-state index contributed by atoms with van der Waals surface area (Å²) in [6.07, 6.45) is 4.87. The first-order chi connectivity index (χ1) is 13.4. The van der Waals surface area contributed by atoms with Crippen molar-refractivity contribution in [3.63, 3.8) is 0 Å². The first-order valence-electron chi connectivity index (χ1n) is 10.4. The largest absolute Gasteiger partial charge is 0.411 e. The molecule has 1 aromatic heterocycles. The highest BCUT2D eigenvalue weighted by molar-refractivity contribution is 5.76. The van der Waals surface area contributed by atoms with Crippen LogP contribution in [0.3, 0.4) is 0 Å². The van der Waals surface area contributed by atoms with E-state index >= 15 is 0 Å². The van der Waals surface area contributed by atoms with E-state index < -0.39 is 12.2 Å². The van der Waals surface area contributed by atoms with Gasteiger partial charge in [0, 0.05) is 25.6 Å². The summed E-state index contributed by atoms with van der Waals surface area (Å²) < 4.78 is 41.3. The quantitative estimate of drug-likeness (QED) is 0.840. The highest BCUT2D eigenvalue weighted by Crippen LogP contribution is 2.41. The van der Waals surface area contributed by atoms with E-state index in [1.54, 1.807) is 0 Å². The second kappa shape index (κ2) is 7.91. The molecule has 1 aromatic rings. The fraction of sp³-hybridized carbons (Fsp3) is 0.842. The minimum Gasteiger partial charge on any atom is -0.351 e. The Balaban J connectivity index is 1.33. The van der Waals surface area contributed by atoms with Crippen LogP contribution in [0.25, 0.3) is 0 Å². The van der Waals surface area contributed by atoms with Crippen LogP contribution < -0.4 is 5.32 Å². The molecule has 0 radical (unpaired) electrons. The fourth-order valence-electron chi connectivity index (χ4n) is 5.05. The molecule has 2 fully saturated rings. The lowest BCUT2D eigenvalue weighted by Crippen LogP contribution is -2.47. The molecule has 156 valence electrons. The maximum Gasteiger partial charge on any atom is 0.411 e. The third-order valence-corrected chi connectivity index (χ3v) is 6.69. The molecule has 3 aliphatic rings. The van der Waals surface area contributed by atoms with E-state index in [0.717, 1.165) is 36.7 Å².